The lowest BCUT2D eigenvalue weighted by Gasteiger charge is -2.60. The third-order valence-corrected chi connectivity index (χ3v) is 6.55. The van der Waals surface area contributed by atoms with E-state index in [1.165, 1.54) is 0 Å². The second kappa shape index (κ2) is 7.28. The summed E-state index contributed by atoms with van der Waals surface area (Å²) in [6.45, 7) is 9.85. The first-order valence-electron chi connectivity index (χ1n) is 11.2. The van der Waals surface area contributed by atoms with Crippen molar-refractivity contribution in [3.8, 4) is 5.75 Å². The zero-order chi connectivity index (χ0) is 22.7. The first-order valence-corrected chi connectivity index (χ1v) is 11.2. The van der Waals surface area contributed by atoms with Crippen LogP contribution in [-0.4, -0.2) is 73.8 Å². The number of para-hydroxylation sites is 1. The van der Waals surface area contributed by atoms with Crippen LogP contribution in [0.25, 0.3) is 0 Å². The van der Waals surface area contributed by atoms with Gasteiger partial charge in [0.2, 0.25) is 11.8 Å². The van der Waals surface area contributed by atoms with E-state index in [4.69, 9.17) is 9.47 Å². The summed E-state index contributed by atoms with van der Waals surface area (Å²) in [6.07, 6.45) is 0.620. The fourth-order valence-corrected chi connectivity index (χ4v) is 5.16. The van der Waals surface area contributed by atoms with Gasteiger partial charge in [0.15, 0.2) is 5.75 Å². The van der Waals surface area contributed by atoms with Crippen LogP contribution in [0.5, 0.6) is 5.75 Å². The predicted molar refractivity (Wildman–Crippen MR) is 118 cm³/mol. The van der Waals surface area contributed by atoms with Crippen molar-refractivity contribution in [2.75, 3.05) is 49.1 Å². The normalized spacial score (nSPS) is 24.2. The third-order valence-electron chi connectivity index (χ3n) is 6.55. The second-order valence-corrected chi connectivity index (χ2v) is 10.3. The van der Waals surface area contributed by atoms with Crippen molar-refractivity contribution in [1.29, 1.82) is 0 Å². The van der Waals surface area contributed by atoms with Crippen molar-refractivity contribution in [3.63, 3.8) is 0 Å². The Morgan fingerprint density at radius 3 is 2.56 bits per heavy atom. The smallest absolute Gasteiger partial charge is 0.410 e. The molecule has 0 bridgehead atoms. The minimum Gasteiger partial charge on any atom is -0.487 e. The van der Waals surface area contributed by atoms with E-state index in [9.17, 15) is 14.4 Å². The molecule has 4 heterocycles. The van der Waals surface area contributed by atoms with E-state index in [-0.39, 0.29) is 29.4 Å². The van der Waals surface area contributed by atoms with Gasteiger partial charge in [-0.25, -0.2) is 4.79 Å². The van der Waals surface area contributed by atoms with E-state index in [0.29, 0.717) is 39.1 Å². The molecule has 0 saturated carbocycles. The van der Waals surface area contributed by atoms with E-state index < -0.39 is 5.60 Å². The number of fused-ring (bicyclic) bond motifs is 1. The number of carbonyl (C=O) groups excluding carboxylic acids is 3. The van der Waals surface area contributed by atoms with Crippen LogP contribution in [0, 0.1) is 5.41 Å². The van der Waals surface area contributed by atoms with E-state index in [0.717, 1.165) is 30.2 Å². The maximum atomic E-state index is 12.4. The summed E-state index contributed by atoms with van der Waals surface area (Å²) in [5.74, 6) is 0.348. The highest BCUT2D eigenvalue weighted by Crippen LogP contribution is 2.48. The van der Waals surface area contributed by atoms with Crippen LogP contribution in [0.15, 0.2) is 18.2 Å². The quantitative estimate of drug-likeness (QED) is 0.698. The van der Waals surface area contributed by atoms with Crippen molar-refractivity contribution in [3.05, 3.63) is 18.2 Å². The van der Waals surface area contributed by atoms with E-state index in [1.807, 2.05) is 39.0 Å². The molecule has 9 nitrogen and oxygen atoms in total. The average Bonchev–Trinajstić information content (AvgIpc) is 2.64. The number of hydrogen-bond acceptors (Lipinski definition) is 7. The highest BCUT2D eigenvalue weighted by Gasteiger charge is 2.54. The van der Waals surface area contributed by atoms with Crippen LogP contribution in [0.2, 0.25) is 0 Å². The number of nitrogens with one attached hydrogen (secondary N) is 1. The SMILES string of the molecule is CC(C)(C)OC(=O)N1CC2(C1)CN(c1cccc3c1OCCN3C1CCC(=O)NC1=O)C2. The summed E-state index contributed by atoms with van der Waals surface area (Å²) < 4.78 is 11.5. The number of piperidine rings is 1. The van der Waals surface area contributed by atoms with Crippen molar-refractivity contribution in [1.82, 2.24) is 10.2 Å². The fourth-order valence-electron chi connectivity index (χ4n) is 5.16. The van der Waals surface area contributed by atoms with Crippen LogP contribution in [0.4, 0.5) is 16.2 Å². The van der Waals surface area contributed by atoms with Gasteiger partial charge in [0.1, 0.15) is 18.2 Å². The first kappa shape index (κ1) is 20.9. The number of anilines is 2. The minimum atomic E-state index is -0.486. The Labute approximate surface area is 187 Å². The summed E-state index contributed by atoms with van der Waals surface area (Å²) in [7, 11) is 0. The molecule has 1 unspecified atom stereocenters. The van der Waals surface area contributed by atoms with Gasteiger partial charge in [-0.05, 0) is 39.3 Å². The topological polar surface area (TPSA) is 91.4 Å². The fraction of sp³-hybridized carbons (Fsp3) is 0.609. The Hall–Kier alpha value is -2.97. The number of benzene rings is 1. The molecule has 9 heteroatoms. The lowest BCUT2D eigenvalue weighted by molar-refractivity contribution is -0.134. The van der Waals surface area contributed by atoms with Gasteiger partial charge < -0.3 is 24.2 Å². The Balaban J connectivity index is 1.26. The molecule has 1 aromatic carbocycles. The molecule has 1 aromatic rings. The van der Waals surface area contributed by atoms with Crippen molar-refractivity contribution >= 4 is 29.3 Å². The molecule has 4 aliphatic rings. The zero-order valence-corrected chi connectivity index (χ0v) is 18.8. The molecule has 1 spiro atoms. The van der Waals surface area contributed by atoms with Crippen molar-refractivity contribution in [2.24, 2.45) is 5.41 Å². The Bertz CT molecular complexity index is 958. The van der Waals surface area contributed by atoms with Crippen molar-refractivity contribution < 1.29 is 23.9 Å². The molecule has 1 atom stereocenters. The maximum Gasteiger partial charge on any atom is 0.410 e. The molecular formula is C23H30N4O5. The van der Waals surface area contributed by atoms with Crippen LogP contribution in [-0.2, 0) is 14.3 Å². The molecule has 1 N–H and O–H groups in total. The number of imide groups is 1. The molecule has 4 aliphatic heterocycles. The summed E-state index contributed by atoms with van der Waals surface area (Å²) in [5, 5.41) is 2.46. The van der Waals surface area contributed by atoms with Gasteiger partial charge in [-0.3, -0.25) is 14.9 Å². The standard InChI is InChI=1S/C23H30N4O5/c1-22(2,3)32-21(30)26-13-23(14-26)11-25(12-23)15-5-4-6-16-19(15)31-10-9-27(16)17-7-8-18(28)24-20(17)29/h4-6,17H,7-14H2,1-3H3,(H,24,28,29). The lowest BCUT2D eigenvalue weighted by atomic mass is 9.72. The summed E-state index contributed by atoms with van der Waals surface area (Å²) >= 11 is 0. The Kier molecular flexibility index (Phi) is 4.76. The summed E-state index contributed by atoms with van der Waals surface area (Å²) in [4.78, 5) is 42.4. The van der Waals surface area contributed by atoms with Gasteiger partial charge in [0.05, 0.1) is 17.9 Å². The van der Waals surface area contributed by atoms with E-state index >= 15 is 0 Å². The van der Waals surface area contributed by atoms with Crippen molar-refractivity contribution in [2.45, 2.75) is 45.3 Å². The Morgan fingerprint density at radius 1 is 1.16 bits per heavy atom. The summed E-state index contributed by atoms with van der Waals surface area (Å²) in [5.41, 5.74) is 1.53. The highest BCUT2D eigenvalue weighted by molar-refractivity contribution is 6.02. The van der Waals surface area contributed by atoms with E-state index in [1.54, 1.807) is 4.90 Å². The molecule has 3 fully saturated rings. The van der Waals surface area contributed by atoms with Gasteiger partial charge in [-0.15, -0.1) is 0 Å². The second-order valence-electron chi connectivity index (χ2n) is 10.3. The van der Waals surface area contributed by atoms with Crippen LogP contribution in [0.1, 0.15) is 33.6 Å². The number of carbonyl (C=O) groups is 3. The van der Waals surface area contributed by atoms with Gasteiger partial charge in [-0.2, -0.15) is 0 Å². The lowest BCUT2D eigenvalue weighted by Crippen LogP contribution is -2.73. The minimum absolute atomic E-state index is 0.109. The molecular weight excluding hydrogens is 412 g/mol. The number of rotatable bonds is 2. The molecule has 0 radical (unpaired) electrons. The Morgan fingerprint density at radius 2 is 1.88 bits per heavy atom. The van der Waals surface area contributed by atoms with Crippen LogP contribution < -0.4 is 19.9 Å². The highest BCUT2D eigenvalue weighted by atomic mass is 16.6. The van der Waals surface area contributed by atoms with Gasteiger partial charge in [0.25, 0.3) is 0 Å². The molecule has 32 heavy (non-hydrogen) atoms. The van der Waals surface area contributed by atoms with Crippen LogP contribution in [0.3, 0.4) is 0 Å². The molecule has 172 valence electrons. The first-order chi connectivity index (χ1) is 15.1. The largest absolute Gasteiger partial charge is 0.487 e. The number of hydrogen-bond donors (Lipinski definition) is 1. The number of nitrogens with zero attached hydrogens (tertiary/aromatic N) is 3. The van der Waals surface area contributed by atoms with Gasteiger partial charge in [-0.1, -0.05) is 6.07 Å². The molecule has 0 aromatic heterocycles. The maximum absolute atomic E-state index is 12.4. The zero-order valence-electron chi connectivity index (χ0n) is 18.8. The van der Waals surface area contributed by atoms with Crippen LogP contribution >= 0.6 is 0 Å². The monoisotopic (exact) mass is 442 g/mol. The number of amides is 3. The number of ether oxygens (including phenoxy) is 2. The predicted octanol–water partition coefficient (Wildman–Crippen LogP) is 1.75. The molecule has 5 rings (SSSR count). The number of likely N-dealkylation sites (tertiary alicyclic amines) is 1. The van der Waals surface area contributed by atoms with E-state index in [2.05, 4.69) is 15.1 Å². The van der Waals surface area contributed by atoms with Gasteiger partial charge >= 0.3 is 6.09 Å². The molecule has 3 saturated heterocycles. The molecule has 0 aliphatic carbocycles. The molecule has 3 amide bonds. The average molecular weight is 443 g/mol. The van der Waals surface area contributed by atoms with Gasteiger partial charge in [0, 0.05) is 38.0 Å². The summed E-state index contributed by atoms with van der Waals surface area (Å²) in [6, 6.07) is 5.65. The third kappa shape index (κ3) is 3.63.